The van der Waals surface area contributed by atoms with Crippen molar-refractivity contribution < 1.29 is 19.0 Å². The monoisotopic (exact) mass is 158 g/mol. The van der Waals surface area contributed by atoms with Gasteiger partial charge in [0.1, 0.15) is 6.10 Å². The maximum Gasteiger partial charge on any atom is 0.293 e. The Bertz CT molecular complexity index is 159. The fourth-order valence-corrected chi connectivity index (χ4v) is 1.62. The van der Waals surface area contributed by atoms with Crippen molar-refractivity contribution in [3.05, 3.63) is 0 Å². The van der Waals surface area contributed by atoms with Crippen LogP contribution in [0.3, 0.4) is 0 Å². The quantitative estimate of drug-likeness (QED) is 0.518. The highest BCUT2D eigenvalue weighted by Crippen LogP contribution is 2.27. The van der Waals surface area contributed by atoms with E-state index in [-0.39, 0.29) is 18.3 Å². The van der Waals surface area contributed by atoms with Gasteiger partial charge in [0, 0.05) is 6.61 Å². The molecule has 2 aliphatic heterocycles. The molecule has 2 rings (SSSR count). The molecule has 3 unspecified atom stereocenters. The van der Waals surface area contributed by atoms with Crippen molar-refractivity contribution in [1.82, 2.24) is 0 Å². The molecule has 0 aliphatic carbocycles. The summed E-state index contributed by atoms with van der Waals surface area (Å²) in [6.45, 7) is 1.65. The Morgan fingerprint density at radius 1 is 1.45 bits per heavy atom. The Morgan fingerprint density at radius 2 is 2.36 bits per heavy atom. The van der Waals surface area contributed by atoms with Crippen molar-refractivity contribution in [3.8, 4) is 0 Å². The van der Waals surface area contributed by atoms with E-state index in [0.29, 0.717) is 19.7 Å². The molecule has 0 radical (unpaired) electrons. The molecule has 0 N–H and O–H groups in total. The summed E-state index contributed by atoms with van der Waals surface area (Å²) in [7, 11) is 0. The SMILES string of the molecule is O=COC1COC2CCOC12. The first-order chi connectivity index (χ1) is 5.42. The minimum absolute atomic E-state index is 0.0137. The summed E-state index contributed by atoms with van der Waals surface area (Å²) in [5.74, 6) is 0. The van der Waals surface area contributed by atoms with Gasteiger partial charge in [-0.25, -0.2) is 0 Å². The molecular formula is C7H10O4. The van der Waals surface area contributed by atoms with Gasteiger partial charge in [-0.05, 0) is 6.42 Å². The van der Waals surface area contributed by atoms with E-state index in [9.17, 15) is 4.79 Å². The lowest BCUT2D eigenvalue weighted by molar-refractivity contribution is -0.138. The average molecular weight is 158 g/mol. The minimum Gasteiger partial charge on any atom is -0.459 e. The number of hydrogen-bond donors (Lipinski definition) is 0. The first-order valence-corrected chi connectivity index (χ1v) is 3.74. The zero-order valence-electron chi connectivity index (χ0n) is 6.06. The Labute approximate surface area is 64.4 Å². The van der Waals surface area contributed by atoms with Gasteiger partial charge < -0.3 is 14.2 Å². The zero-order chi connectivity index (χ0) is 7.68. The lowest BCUT2D eigenvalue weighted by Gasteiger charge is -2.12. The molecule has 0 aromatic heterocycles. The van der Waals surface area contributed by atoms with Crippen molar-refractivity contribution in [3.63, 3.8) is 0 Å². The molecular weight excluding hydrogens is 148 g/mol. The minimum atomic E-state index is -0.181. The van der Waals surface area contributed by atoms with Crippen LogP contribution in [0.1, 0.15) is 6.42 Å². The predicted molar refractivity (Wildman–Crippen MR) is 35.0 cm³/mol. The summed E-state index contributed by atoms with van der Waals surface area (Å²) in [6, 6.07) is 0. The number of carbonyl (C=O) groups excluding carboxylic acids is 1. The fourth-order valence-electron chi connectivity index (χ4n) is 1.62. The van der Waals surface area contributed by atoms with E-state index in [1.54, 1.807) is 0 Å². The van der Waals surface area contributed by atoms with Crippen LogP contribution in [0.15, 0.2) is 0 Å². The van der Waals surface area contributed by atoms with E-state index < -0.39 is 0 Å². The lowest BCUT2D eigenvalue weighted by Crippen LogP contribution is -2.29. The van der Waals surface area contributed by atoms with Gasteiger partial charge in [0.05, 0.1) is 12.7 Å². The number of rotatable bonds is 2. The van der Waals surface area contributed by atoms with Crippen LogP contribution in [0.25, 0.3) is 0 Å². The van der Waals surface area contributed by atoms with Gasteiger partial charge >= 0.3 is 0 Å². The van der Waals surface area contributed by atoms with Gasteiger partial charge in [0.15, 0.2) is 6.10 Å². The topological polar surface area (TPSA) is 44.8 Å². The number of carbonyl (C=O) groups is 1. The highest BCUT2D eigenvalue weighted by molar-refractivity contribution is 5.37. The molecule has 62 valence electrons. The summed E-state index contributed by atoms with van der Waals surface area (Å²) in [4.78, 5) is 10.0. The fraction of sp³-hybridized carbons (Fsp3) is 0.857. The Hall–Kier alpha value is -0.610. The van der Waals surface area contributed by atoms with E-state index in [4.69, 9.17) is 14.2 Å². The van der Waals surface area contributed by atoms with Gasteiger partial charge in [-0.2, -0.15) is 0 Å². The molecule has 3 atom stereocenters. The van der Waals surface area contributed by atoms with E-state index in [0.717, 1.165) is 6.42 Å². The van der Waals surface area contributed by atoms with E-state index in [1.807, 2.05) is 0 Å². The van der Waals surface area contributed by atoms with Crippen molar-refractivity contribution in [2.45, 2.75) is 24.7 Å². The highest BCUT2D eigenvalue weighted by Gasteiger charge is 2.42. The number of ether oxygens (including phenoxy) is 3. The van der Waals surface area contributed by atoms with Crippen molar-refractivity contribution >= 4 is 6.47 Å². The maximum atomic E-state index is 10.0. The molecule has 0 aromatic carbocycles. The average Bonchev–Trinajstić information content (AvgIpc) is 2.53. The normalized spacial score (nSPS) is 42.0. The Morgan fingerprint density at radius 3 is 3.18 bits per heavy atom. The molecule has 11 heavy (non-hydrogen) atoms. The third kappa shape index (κ3) is 1.12. The van der Waals surface area contributed by atoms with E-state index >= 15 is 0 Å². The largest absolute Gasteiger partial charge is 0.459 e. The highest BCUT2D eigenvalue weighted by atomic mass is 16.6. The third-order valence-electron chi connectivity index (χ3n) is 2.15. The maximum absolute atomic E-state index is 10.0. The smallest absolute Gasteiger partial charge is 0.293 e. The van der Waals surface area contributed by atoms with Crippen LogP contribution >= 0.6 is 0 Å². The summed E-state index contributed by atoms with van der Waals surface area (Å²) in [5.41, 5.74) is 0. The Balaban J connectivity index is 1.97. The second kappa shape index (κ2) is 2.79. The van der Waals surface area contributed by atoms with E-state index in [2.05, 4.69) is 0 Å². The first-order valence-electron chi connectivity index (χ1n) is 3.74. The molecule has 2 heterocycles. The molecule has 0 spiro atoms. The van der Waals surface area contributed by atoms with Crippen LogP contribution in [0.4, 0.5) is 0 Å². The van der Waals surface area contributed by atoms with Crippen LogP contribution in [0, 0.1) is 0 Å². The molecule has 0 aromatic rings. The van der Waals surface area contributed by atoms with Crippen LogP contribution < -0.4 is 0 Å². The van der Waals surface area contributed by atoms with Gasteiger partial charge in [0.25, 0.3) is 6.47 Å². The molecule has 0 amide bonds. The summed E-state index contributed by atoms with van der Waals surface area (Å²) < 4.78 is 15.5. The molecule has 0 saturated carbocycles. The summed E-state index contributed by atoms with van der Waals surface area (Å²) in [6.07, 6.45) is 0.878. The summed E-state index contributed by atoms with van der Waals surface area (Å²) >= 11 is 0. The second-order valence-corrected chi connectivity index (χ2v) is 2.77. The molecule has 2 aliphatic rings. The molecule has 0 bridgehead atoms. The van der Waals surface area contributed by atoms with Gasteiger partial charge in [-0.15, -0.1) is 0 Å². The van der Waals surface area contributed by atoms with Crippen LogP contribution in [-0.4, -0.2) is 38.0 Å². The number of fused-ring (bicyclic) bond motifs is 1. The molecule has 2 fully saturated rings. The van der Waals surface area contributed by atoms with Crippen molar-refractivity contribution in [2.24, 2.45) is 0 Å². The zero-order valence-corrected chi connectivity index (χ0v) is 6.06. The number of hydrogen-bond acceptors (Lipinski definition) is 4. The second-order valence-electron chi connectivity index (χ2n) is 2.77. The summed E-state index contributed by atoms with van der Waals surface area (Å²) in [5, 5.41) is 0. The third-order valence-corrected chi connectivity index (χ3v) is 2.15. The van der Waals surface area contributed by atoms with Gasteiger partial charge in [-0.1, -0.05) is 0 Å². The van der Waals surface area contributed by atoms with Crippen LogP contribution in [0.5, 0.6) is 0 Å². The Kier molecular flexibility index (Phi) is 1.79. The lowest BCUT2D eigenvalue weighted by atomic mass is 10.1. The van der Waals surface area contributed by atoms with Crippen LogP contribution in [0.2, 0.25) is 0 Å². The van der Waals surface area contributed by atoms with Crippen LogP contribution in [-0.2, 0) is 19.0 Å². The van der Waals surface area contributed by atoms with Crippen molar-refractivity contribution in [2.75, 3.05) is 13.2 Å². The molecule has 4 nitrogen and oxygen atoms in total. The molecule has 4 heteroatoms. The first kappa shape index (κ1) is 7.06. The standard InChI is InChI=1S/C7H10O4/c8-4-11-6-3-10-5-1-2-9-7(5)6/h4-7H,1-3H2. The van der Waals surface area contributed by atoms with Gasteiger partial charge in [-0.3, -0.25) is 4.79 Å². The van der Waals surface area contributed by atoms with Crippen molar-refractivity contribution in [1.29, 1.82) is 0 Å². The molecule has 2 saturated heterocycles. The predicted octanol–water partition coefficient (Wildman–Crippen LogP) is -0.284. The van der Waals surface area contributed by atoms with Gasteiger partial charge in [0.2, 0.25) is 0 Å². The van der Waals surface area contributed by atoms with E-state index in [1.165, 1.54) is 0 Å².